The normalized spacial score (nSPS) is 10.1. The molecule has 0 atom stereocenters. The van der Waals surface area contributed by atoms with Crippen molar-refractivity contribution in [2.45, 2.75) is 13.3 Å². The zero-order valence-electron chi connectivity index (χ0n) is 8.26. The number of aromatic nitrogens is 2. The molecule has 0 saturated heterocycles. The smallest absolute Gasteiger partial charge is 0.143 e. The Morgan fingerprint density at radius 3 is 2.93 bits per heavy atom. The van der Waals surface area contributed by atoms with Crippen molar-refractivity contribution in [1.82, 2.24) is 15.3 Å². The van der Waals surface area contributed by atoms with Crippen molar-refractivity contribution in [3.8, 4) is 0 Å². The van der Waals surface area contributed by atoms with Gasteiger partial charge in [-0.1, -0.05) is 6.92 Å². The van der Waals surface area contributed by atoms with Gasteiger partial charge in [0.2, 0.25) is 0 Å². The van der Waals surface area contributed by atoms with Crippen LogP contribution in [0.3, 0.4) is 0 Å². The molecular formula is C9H15BrN4. The molecular weight excluding hydrogens is 244 g/mol. The van der Waals surface area contributed by atoms with Gasteiger partial charge in [-0.3, -0.25) is 0 Å². The maximum Gasteiger partial charge on any atom is 0.143 e. The highest BCUT2D eigenvalue weighted by molar-refractivity contribution is 9.10. The van der Waals surface area contributed by atoms with Crippen molar-refractivity contribution in [1.29, 1.82) is 0 Å². The first-order chi connectivity index (χ1) is 6.84. The summed E-state index contributed by atoms with van der Waals surface area (Å²) in [5, 5.41) is 6.51. The maximum atomic E-state index is 4.10. The van der Waals surface area contributed by atoms with Crippen LogP contribution in [0.15, 0.2) is 17.0 Å². The molecule has 4 nitrogen and oxygen atoms in total. The van der Waals surface area contributed by atoms with E-state index < -0.39 is 0 Å². The van der Waals surface area contributed by atoms with E-state index >= 15 is 0 Å². The van der Waals surface area contributed by atoms with E-state index in [0.717, 1.165) is 36.3 Å². The summed E-state index contributed by atoms with van der Waals surface area (Å²) in [6.45, 7) is 5.04. The van der Waals surface area contributed by atoms with Crippen molar-refractivity contribution >= 4 is 21.7 Å². The fraction of sp³-hybridized carbons (Fsp3) is 0.556. The first kappa shape index (κ1) is 11.4. The lowest BCUT2D eigenvalue weighted by molar-refractivity contribution is 0.687. The number of halogens is 1. The topological polar surface area (TPSA) is 49.8 Å². The summed E-state index contributed by atoms with van der Waals surface area (Å²) in [6, 6.07) is 0. The summed E-state index contributed by atoms with van der Waals surface area (Å²) in [7, 11) is 0. The standard InChI is InChI=1S/C9H15BrN4/c1-2-3-11-4-5-13-9-8(10)6-12-7-14-9/h6-7,11H,2-5H2,1H3,(H,12,13,14). The number of nitrogens with zero attached hydrogens (tertiary/aromatic N) is 2. The van der Waals surface area contributed by atoms with Gasteiger partial charge < -0.3 is 10.6 Å². The Morgan fingerprint density at radius 1 is 1.36 bits per heavy atom. The van der Waals surface area contributed by atoms with E-state index in [1.807, 2.05) is 0 Å². The number of anilines is 1. The predicted octanol–water partition coefficient (Wildman–Crippen LogP) is 1.65. The third kappa shape index (κ3) is 4.02. The van der Waals surface area contributed by atoms with Crippen LogP contribution in [-0.4, -0.2) is 29.6 Å². The van der Waals surface area contributed by atoms with Crippen LogP contribution in [0.5, 0.6) is 0 Å². The van der Waals surface area contributed by atoms with Crippen LogP contribution in [0.4, 0.5) is 5.82 Å². The molecule has 0 aromatic carbocycles. The lowest BCUT2D eigenvalue weighted by Crippen LogP contribution is -2.23. The van der Waals surface area contributed by atoms with Gasteiger partial charge in [-0.25, -0.2) is 9.97 Å². The molecule has 78 valence electrons. The molecule has 2 N–H and O–H groups in total. The molecule has 0 saturated carbocycles. The third-order valence-corrected chi connectivity index (χ3v) is 2.27. The van der Waals surface area contributed by atoms with Crippen LogP contribution in [0.2, 0.25) is 0 Å². The Labute approximate surface area is 92.7 Å². The quantitative estimate of drug-likeness (QED) is 0.763. The fourth-order valence-electron chi connectivity index (χ4n) is 1.01. The fourth-order valence-corrected chi connectivity index (χ4v) is 1.37. The van der Waals surface area contributed by atoms with Crippen LogP contribution in [-0.2, 0) is 0 Å². The van der Waals surface area contributed by atoms with Gasteiger partial charge in [0.1, 0.15) is 12.1 Å². The largest absolute Gasteiger partial charge is 0.368 e. The lowest BCUT2D eigenvalue weighted by atomic mass is 10.4. The summed E-state index contributed by atoms with van der Waals surface area (Å²) in [5.41, 5.74) is 0. The SMILES string of the molecule is CCCNCCNc1ncncc1Br. The van der Waals surface area contributed by atoms with Gasteiger partial charge in [0, 0.05) is 19.3 Å². The Morgan fingerprint density at radius 2 is 2.21 bits per heavy atom. The molecule has 0 aliphatic rings. The molecule has 1 aromatic rings. The van der Waals surface area contributed by atoms with Crippen LogP contribution >= 0.6 is 15.9 Å². The molecule has 5 heteroatoms. The monoisotopic (exact) mass is 258 g/mol. The van der Waals surface area contributed by atoms with Gasteiger partial charge in [0.05, 0.1) is 4.47 Å². The highest BCUT2D eigenvalue weighted by atomic mass is 79.9. The zero-order chi connectivity index (χ0) is 10.2. The molecule has 14 heavy (non-hydrogen) atoms. The average Bonchev–Trinajstić information content (AvgIpc) is 2.20. The maximum absolute atomic E-state index is 4.10. The zero-order valence-corrected chi connectivity index (χ0v) is 9.84. The minimum Gasteiger partial charge on any atom is -0.368 e. The molecule has 1 heterocycles. The van der Waals surface area contributed by atoms with Gasteiger partial charge in [-0.2, -0.15) is 0 Å². The van der Waals surface area contributed by atoms with E-state index in [9.17, 15) is 0 Å². The van der Waals surface area contributed by atoms with Gasteiger partial charge in [0.15, 0.2) is 0 Å². The van der Waals surface area contributed by atoms with Crippen molar-refractivity contribution in [3.05, 3.63) is 17.0 Å². The van der Waals surface area contributed by atoms with Gasteiger partial charge in [-0.15, -0.1) is 0 Å². The molecule has 0 amide bonds. The highest BCUT2D eigenvalue weighted by Gasteiger charge is 1.97. The van der Waals surface area contributed by atoms with Crippen LogP contribution < -0.4 is 10.6 Å². The van der Waals surface area contributed by atoms with E-state index in [0.29, 0.717) is 0 Å². The van der Waals surface area contributed by atoms with Crippen LogP contribution in [0.25, 0.3) is 0 Å². The molecule has 0 unspecified atom stereocenters. The van der Waals surface area contributed by atoms with Crippen molar-refractivity contribution in [2.75, 3.05) is 25.0 Å². The van der Waals surface area contributed by atoms with Crippen LogP contribution in [0.1, 0.15) is 13.3 Å². The number of hydrogen-bond acceptors (Lipinski definition) is 4. The molecule has 0 fully saturated rings. The summed E-state index contributed by atoms with van der Waals surface area (Å²) in [6.07, 6.45) is 4.43. The van der Waals surface area contributed by atoms with E-state index in [-0.39, 0.29) is 0 Å². The molecule has 0 radical (unpaired) electrons. The average molecular weight is 259 g/mol. The van der Waals surface area contributed by atoms with Gasteiger partial charge in [-0.05, 0) is 28.9 Å². The van der Waals surface area contributed by atoms with Crippen molar-refractivity contribution in [2.24, 2.45) is 0 Å². The highest BCUT2D eigenvalue weighted by Crippen LogP contribution is 2.16. The van der Waals surface area contributed by atoms with E-state index in [2.05, 4.69) is 43.5 Å². The molecule has 0 aliphatic heterocycles. The molecule has 1 rings (SSSR count). The van der Waals surface area contributed by atoms with Gasteiger partial charge >= 0.3 is 0 Å². The minimum atomic E-state index is 0.846. The van der Waals surface area contributed by atoms with Crippen molar-refractivity contribution in [3.63, 3.8) is 0 Å². The van der Waals surface area contributed by atoms with E-state index in [4.69, 9.17) is 0 Å². The summed E-state index contributed by atoms with van der Waals surface area (Å²) < 4.78 is 0.899. The second kappa shape index (κ2) is 6.73. The Hall–Kier alpha value is -0.680. The number of nitrogens with one attached hydrogen (secondary N) is 2. The minimum absolute atomic E-state index is 0.846. The van der Waals surface area contributed by atoms with Crippen LogP contribution in [0, 0.1) is 0 Å². The number of rotatable bonds is 6. The first-order valence-corrected chi connectivity index (χ1v) is 5.54. The molecule has 0 spiro atoms. The summed E-state index contributed by atoms with van der Waals surface area (Å²) >= 11 is 3.37. The second-order valence-corrected chi connectivity index (χ2v) is 3.75. The molecule has 1 aromatic heterocycles. The summed E-state index contributed by atoms with van der Waals surface area (Å²) in [5.74, 6) is 0.846. The Kier molecular flexibility index (Phi) is 5.47. The Bertz CT molecular complexity index is 267. The summed E-state index contributed by atoms with van der Waals surface area (Å²) in [4.78, 5) is 7.99. The van der Waals surface area contributed by atoms with E-state index in [1.165, 1.54) is 6.33 Å². The third-order valence-electron chi connectivity index (χ3n) is 1.69. The number of hydrogen-bond donors (Lipinski definition) is 2. The lowest BCUT2D eigenvalue weighted by Gasteiger charge is -2.06. The van der Waals surface area contributed by atoms with Gasteiger partial charge in [0.25, 0.3) is 0 Å². The Balaban J connectivity index is 2.21. The predicted molar refractivity (Wildman–Crippen MR) is 61.4 cm³/mol. The molecule has 0 aliphatic carbocycles. The first-order valence-electron chi connectivity index (χ1n) is 4.74. The second-order valence-electron chi connectivity index (χ2n) is 2.90. The van der Waals surface area contributed by atoms with E-state index in [1.54, 1.807) is 6.20 Å². The van der Waals surface area contributed by atoms with Crippen molar-refractivity contribution < 1.29 is 0 Å². The molecule has 0 bridgehead atoms.